The number of aromatic hydroxyl groups is 1. The Balaban J connectivity index is 1.64. The highest BCUT2D eigenvalue weighted by molar-refractivity contribution is 5.99. The summed E-state index contributed by atoms with van der Waals surface area (Å²) in [7, 11) is 1.61. The monoisotopic (exact) mass is 401 g/mol. The zero-order valence-corrected chi connectivity index (χ0v) is 17.6. The van der Waals surface area contributed by atoms with Crippen LogP contribution in [0.25, 0.3) is 16.5 Å². The van der Waals surface area contributed by atoms with Gasteiger partial charge in [0.05, 0.1) is 12.5 Å². The number of hydrogen-bond donors (Lipinski definition) is 2. The fraction of sp³-hybridized carbons (Fsp3) is 0.240. The average molecular weight is 402 g/mol. The molecule has 2 N–H and O–H groups in total. The Kier molecular flexibility index (Phi) is 5.61. The minimum atomic E-state index is 0.233. The van der Waals surface area contributed by atoms with Crippen LogP contribution in [0.2, 0.25) is 0 Å². The number of pyridine rings is 1. The standard InChI is InChI=1S/C25H27N3O2/c1-4-17(2)19-8-10-21(11-9-19)28-16-20-6-5-7-22(24(20)25(28)29)27-15-18-12-13-26-23(14-18)30-3/h5-14,16-17,27,29H,4,15H2,1-3H3. The van der Waals surface area contributed by atoms with Crippen LogP contribution in [0.5, 0.6) is 11.8 Å². The van der Waals surface area contributed by atoms with Crippen LogP contribution in [0.3, 0.4) is 0 Å². The topological polar surface area (TPSA) is 59.3 Å². The highest BCUT2D eigenvalue weighted by Gasteiger charge is 2.14. The van der Waals surface area contributed by atoms with E-state index in [0.717, 1.165) is 34.1 Å². The van der Waals surface area contributed by atoms with Gasteiger partial charge in [-0.1, -0.05) is 38.1 Å². The number of hydrogen-bond acceptors (Lipinski definition) is 4. The Morgan fingerprint density at radius 3 is 2.67 bits per heavy atom. The lowest BCUT2D eigenvalue weighted by Gasteiger charge is -2.11. The number of anilines is 1. The van der Waals surface area contributed by atoms with Crippen molar-refractivity contribution in [2.75, 3.05) is 12.4 Å². The molecule has 30 heavy (non-hydrogen) atoms. The van der Waals surface area contributed by atoms with Crippen LogP contribution in [0.1, 0.15) is 37.3 Å². The smallest absolute Gasteiger partial charge is 0.213 e. The van der Waals surface area contributed by atoms with Crippen LogP contribution >= 0.6 is 0 Å². The number of ether oxygens (including phenoxy) is 1. The molecule has 0 aliphatic carbocycles. The van der Waals surface area contributed by atoms with Gasteiger partial charge in [-0.15, -0.1) is 0 Å². The Hall–Kier alpha value is -3.47. The second-order valence-electron chi connectivity index (χ2n) is 7.55. The maximum Gasteiger partial charge on any atom is 0.213 e. The lowest BCUT2D eigenvalue weighted by molar-refractivity contribution is 0.397. The third-order valence-electron chi connectivity index (χ3n) is 5.66. The van der Waals surface area contributed by atoms with Crippen LogP contribution in [0.4, 0.5) is 5.69 Å². The average Bonchev–Trinajstić information content (AvgIpc) is 3.14. The van der Waals surface area contributed by atoms with Gasteiger partial charge in [0, 0.05) is 41.8 Å². The number of benzene rings is 2. The Labute approximate surface area is 177 Å². The van der Waals surface area contributed by atoms with Crippen molar-refractivity contribution in [3.8, 4) is 17.4 Å². The van der Waals surface area contributed by atoms with E-state index in [4.69, 9.17) is 4.74 Å². The van der Waals surface area contributed by atoms with Gasteiger partial charge in [-0.25, -0.2) is 4.98 Å². The Bertz CT molecular complexity index is 1150. The summed E-state index contributed by atoms with van der Waals surface area (Å²) >= 11 is 0. The molecule has 0 radical (unpaired) electrons. The van der Waals surface area contributed by atoms with Gasteiger partial charge in [-0.05, 0) is 47.7 Å². The van der Waals surface area contributed by atoms with Crippen molar-refractivity contribution >= 4 is 16.5 Å². The number of nitrogens with one attached hydrogen (secondary N) is 1. The quantitative estimate of drug-likeness (QED) is 0.407. The largest absolute Gasteiger partial charge is 0.494 e. The van der Waals surface area contributed by atoms with E-state index in [-0.39, 0.29) is 5.88 Å². The van der Waals surface area contributed by atoms with Crippen molar-refractivity contribution in [3.63, 3.8) is 0 Å². The molecule has 2 aromatic heterocycles. The molecule has 0 fully saturated rings. The molecule has 0 saturated heterocycles. The first-order valence-electron chi connectivity index (χ1n) is 10.3. The maximum absolute atomic E-state index is 11.0. The van der Waals surface area contributed by atoms with Gasteiger partial charge in [-0.2, -0.15) is 0 Å². The summed E-state index contributed by atoms with van der Waals surface area (Å²) in [5.41, 5.74) is 4.20. The fourth-order valence-electron chi connectivity index (χ4n) is 3.66. The van der Waals surface area contributed by atoms with Crippen LogP contribution in [-0.4, -0.2) is 21.8 Å². The molecule has 2 aromatic carbocycles. The Morgan fingerprint density at radius 2 is 1.93 bits per heavy atom. The predicted octanol–water partition coefficient (Wildman–Crippen LogP) is 5.87. The minimum absolute atomic E-state index is 0.233. The molecule has 5 heteroatoms. The van der Waals surface area contributed by atoms with Crippen LogP contribution < -0.4 is 10.1 Å². The molecular formula is C25H27N3O2. The van der Waals surface area contributed by atoms with Crippen molar-refractivity contribution in [3.05, 3.63) is 78.1 Å². The second kappa shape index (κ2) is 8.49. The van der Waals surface area contributed by atoms with Gasteiger partial charge in [0.15, 0.2) is 0 Å². The first kappa shape index (κ1) is 19.8. The molecule has 154 valence electrons. The van der Waals surface area contributed by atoms with E-state index in [1.165, 1.54) is 5.56 Å². The van der Waals surface area contributed by atoms with E-state index in [1.54, 1.807) is 13.3 Å². The van der Waals surface area contributed by atoms with Crippen molar-refractivity contribution in [2.45, 2.75) is 32.7 Å². The highest BCUT2D eigenvalue weighted by atomic mass is 16.5. The van der Waals surface area contributed by atoms with E-state index in [0.29, 0.717) is 18.3 Å². The first-order chi connectivity index (χ1) is 14.6. The number of aromatic nitrogens is 2. The van der Waals surface area contributed by atoms with Crippen LogP contribution in [0.15, 0.2) is 67.0 Å². The number of nitrogens with zero attached hydrogens (tertiary/aromatic N) is 2. The third kappa shape index (κ3) is 3.83. The van der Waals surface area contributed by atoms with E-state index in [1.807, 2.05) is 41.1 Å². The molecule has 4 rings (SSSR count). The third-order valence-corrected chi connectivity index (χ3v) is 5.66. The summed E-state index contributed by atoms with van der Waals surface area (Å²) in [4.78, 5) is 4.14. The van der Waals surface area contributed by atoms with Gasteiger partial charge < -0.3 is 15.2 Å². The lowest BCUT2D eigenvalue weighted by Crippen LogP contribution is -2.00. The zero-order valence-electron chi connectivity index (χ0n) is 17.6. The lowest BCUT2D eigenvalue weighted by atomic mass is 9.99. The van der Waals surface area contributed by atoms with Gasteiger partial charge >= 0.3 is 0 Å². The maximum atomic E-state index is 11.0. The first-order valence-corrected chi connectivity index (χ1v) is 10.3. The number of fused-ring (bicyclic) bond motifs is 1. The molecule has 0 aliphatic heterocycles. The molecule has 2 heterocycles. The van der Waals surface area contributed by atoms with Crippen molar-refractivity contribution < 1.29 is 9.84 Å². The van der Waals surface area contributed by atoms with E-state index in [9.17, 15) is 5.11 Å². The van der Waals surface area contributed by atoms with Crippen molar-refractivity contribution in [1.29, 1.82) is 0 Å². The molecule has 0 spiro atoms. The summed E-state index contributed by atoms with van der Waals surface area (Å²) in [6.45, 7) is 5.03. The summed E-state index contributed by atoms with van der Waals surface area (Å²) in [5, 5.41) is 16.2. The molecule has 5 nitrogen and oxygen atoms in total. The predicted molar refractivity (Wildman–Crippen MR) is 122 cm³/mol. The van der Waals surface area contributed by atoms with Crippen molar-refractivity contribution in [2.24, 2.45) is 0 Å². The van der Waals surface area contributed by atoms with Crippen LogP contribution in [-0.2, 0) is 6.54 Å². The summed E-state index contributed by atoms with van der Waals surface area (Å²) < 4.78 is 7.04. The van der Waals surface area contributed by atoms with Crippen LogP contribution in [0, 0.1) is 0 Å². The van der Waals surface area contributed by atoms with E-state index >= 15 is 0 Å². The number of rotatable bonds is 7. The van der Waals surface area contributed by atoms with Crippen molar-refractivity contribution in [1.82, 2.24) is 9.55 Å². The second-order valence-corrected chi connectivity index (χ2v) is 7.55. The Morgan fingerprint density at radius 1 is 1.13 bits per heavy atom. The zero-order chi connectivity index (χ0) is 21.1. The highest BCUT2D eigenvalue weighted by Crippen LogP contribution is 2.36. The molecule has 0 amide bonds. The molecular weight excluding hydrogens is 374 g/mol. The van der Waals surface area contributed by atoms with Gasteiger partial charge in [-0.3, -0.25) is 4.57 Å². The van der Waals surface area contributed by atoms with Gasteiger partial charge in [0.1, 0.15) is 0 Å². The van der Waals surface area contributed by atoms with E-state index in [2.05, 4.69) is 48.4 Å². The summed E-state index contributed by atoms with van der Waals surface area (Å²) in [6.07, 6.45) is 4.81. The minimum Gasteiger partial charge on any atom is -0.494 e. The molecule has 0 saturated carbocycles. The molecule has 1 unspecified atom stereocenters. The normalized spacial score (nSPS) is 12.1. The fourth-order valence-corrected chi connectivity index (χ4v) is 3.66. The summed E-state index contributed by atoms with van der Waals surface area (Å²) in [5.74, 6) is 1.35. The summed E-state index contributed by atoms with van der Waals surface area (Å²) in [6, 6.07) is 18.3. The van der Waals surface area contributed by atoms with Gasteiger partial charge in [0.2, 0.25) is 11.8 Å². The molecule has 0 bridgehead atoms. The number of methoxy groups -OCH3 is 1. The SMILES string of the molecule is CCC(C)c1ccc(-n2cc3cccc(NCc4ccnc(OC)c4)c3c2O)cc1. The molecule has 1 atom stereocenters. The molecule has 0 aliphatic rings. The molecule has 4 aromatic rings. The van der Waals surface area contributed by atoms with Gasteiger partial charge in [0.25, 0.3) is 0 Å². The van der Waals surface area contributed by atoms with E-state index < -0.39 is 0 Å².